The van der Waals surface area contributed by atoms with Crippen LogP contribution in [0.25, 0.3) is 0 Å². The zero-order valence-electron chi connectivity index (χ0n) is 15.1. The highest BCUT2D eigenvalue weighted by atomic mass is 32.2. The first-order valence-electron chi connectivity index (χ1n) is 7.85. The van der Waals surface area contributed by atoms with Crippen LogP contribution in [0.1, 0.15) is 14.4 Å². The lowest BCUT2D eigenvalue weighted by atomic mass is 10.2. The van der Waals surface area contributed by atoms with E-state index in [-0.39, 0.29) is 13.3 Å². The maximum Gasteiger partial charge on any atom is 0.388 e. The number of amides is 1. The van der Waals surface area contributed by atoms with Crippen molar-refractivity contribution in [2.75, 3.05) is 18.4 Å². The molecule has 0 fully saturated rings. The molecule has 0 radical (unpaired) electrons. The third-order valence-corrected chi connectivity index (χ3v) is 3.37. The average Bonchev–Trinajstić information content (AvgIpc) is 2.94. The molecule has 1 aliphatic heterocycles. The van der Waals surface area contributed by atoms with E-state index < -0.39 is 17.1 Å². The van der Waals surface area contributed by atoms with Crippen LogP contribution in [0, 0.1) is 0 Å². The molecule has 0 saturated carbocycles. The summed E-state index contributed by atoms with van der Waals surface area (Å²) in [4.78, 5) is 17.7. The van der Waals surface area contributed by atoms with Crippen molar-refractivity contribution < 1.29 is 23.1 Å². The van der Waals surface area contributed by atoms with Crippen molar-refractivity contribution in [2.45, 2.75) is 20.4 Å². The zero-order chi connectivity index (χ0) is 19.8. The highest BCUT2D eigenvalue weighted by molar-refractivity contribution is 7.78. The molecule has 1 aromatic heterocycles. The van der Waals surface area contributed by atoms with Crippen molar-refractivity contribution >= 4 is 34.2 Å². The molecule has 1 amide bonds. The molecule has 3 rings (SSSR count). The largest absolute Gasteiger partial charge is 0.773 e. The van der Waals surface area contributed by atoms with Crippen LogP contribution >= 0.6 is 0 Å². The van der Waals surface area contributed by atoms with Crippen LogP contribution in [0.5, 0.6) is 0 Å². The normalized spacial score (nSPS) is 16.7. The fraction of sp³-hybridized carbons (Fsp3) is 0.278. The first-order valence-corrected chi connectivity index (χ1v) is 9.33. The first kappa shape index (κ1) is 23.1. The maximum absolute atomic E-state index is 12.5. The van der Waals surface area contributed by atoms with Gasteiger partial charge in [0.25, 0.3) is 5.91 Å². The van der Waals surface area contributed by atoms with Gasteiger partial charge in [0.1, 0.15) is 13.3 Å². The second-order valence-corrected chi connectivity index (χ2v) is 6.12. The number of carbonyl (C=O) groups excluding carboxylic acids is 1. The molecule has 0 bridgehead atoms. The van der Waals surface area contributed by atoms with Crippen LogP contribution < -0.4 is 14.6 Å². The fourth-order valence-corrected chi connectivity index (χ4v) is 2.21. The van der Waals surface area contributed by atoms with Crippen LogP contribution in [0.15, 0.2) is 70.1 Å². The van der Waals surface area contributed by atoms with Gasteiger partial charge in [0.15, 0.2) is 0 Å². The van der Waals surface area contributed by atoms with Crippen LogP contribution in [-0.2, 0) is 15.9 Å². The molecule has 150 valence electrons. The summed E-state index contributed by atoms with van der Waals surface area (Å²) in [5.74, 6) is 0.270. The van der Waals surface area contributed by atoms with E-state index in [1.54, 1.807) is 19.2 Å². The van der Waals surface area contributed by atoms with Crippen molar-refractivity contribution in [3.8, 4) is 0 Å². The van der Waals surface area contributed by atoms with Crippen molar-refractivity contribution in [1.82, 2.24) is 0 Å². The number of carbonyl (C=O) groups is 1. The van der Waals surface area contributed by atoms with Gasteiger partial charge in [-0.05, 0) is 42.2 Å². The smallest absolute Gasteiger partial charge is 0.388 e. The lowest BCUT2D eigenvalue weighted by molar-refractivity contribution is -0.875. The van der Waals surface area contributed by atoms with Crippen LogP contribution in [0.4, 0.5) is 11.5 Å². The number of benzene rings is 1. The van der Waals surface area contributed by atoms with Gasteiger partial charge in [-0.2, -0.15) is 10.1 Å². The summed E-state index contributed by atoms with van der Waals surface area (Å²) in [5, 5.41) is 13.9. The Morgan fingerprint density at radius 3 is 2.43 bits per heavy atom. The van der Waals surface area contributed by atoms with Crippen LogP contribution in [-0.4, -0.2) is 39.8 Å². The Morgan fingerprint density at radius 2 is 1.82 bits per heavy atom. The van der Waals surface area contributed by atoms with Gasteiger partial charge in [-0.3, -0.25) is 9.00 Å². The monoisotopic (exact) mass is 405 g/mol. The Morgan fingerprint density at radius 1 is 1.21 bits per heavy atom. The van der Waals surface area contributed by atoms with Crippen molar-refractivity contribution in [3.05, 3.63) is 54.7 Å². The molecular weight excluding hydrogens is 382 g/mol. The summed E-state index contributed by atoms with van der Waals surface area (Å²) >= 11 is -1.86. The summed E-state index contributed by atoms with van der Waals surface area (Å²) in [5.41, 5.74) is 1.31. The number of nitrogens with zero attached hydrogens (tertiary/aromatic N) is 5. The standard InChI is InChI=1S/C16H16N5O2.CH4O2S.CH4/c1-12-15(18-17-14-10-6-7-11-20(14)23-2)16(22)21(19-12)13-8-4-3-5-9-13;1-4(2)3;/h3-11,15H,1-2H3;1H3,(H,2,3);1H4/q+1;;/p-1. The van der Waals surface area contributed by atoms with Gasteiger partial charge in [-0.15, -0.1) is 0 Å². The quantitative estimate of drug-likeness (QED) is 0.440. The Bertz CT molecular complexity index is 869. The summed E-state index contributed by atoms with van der Waals surface area (Å²) < 4.78 is 19.5. The van der Waals surface area contributed by atoms with E-state index in [4.69, 9.17) is 13.6 Å². The summed E-state index contributed by atoms with van der Waals surface area (Å²) in [6.07, 6.45) is 2.79. The van der Waals surface area contributed by atoms with Gasteiger partial charge >= 0.3 is 5.82 Å². The number of azo groups is 1. The molecule has 0 saturated heterocycles. The fourth-order valence-electron chi connectivity index (χ4n) is 2.21. The van der Waals surface area contributed by atoms with Crippen molar-refractivity contribution in [3.63, 3.8) is 0 Å². The van der Waals surface area contributed by atoms with Gasteiger partial charge in [0, 0.05) is 6.07 Å². The minimum absolute atomic E-state index is 0. The van der Waals surface area contributed by atoms with Crippen molar-refractivity contribution in [1.29, 1.82) is 0 Å². The molecule has 1 aliphatic rings. The molecule has 2 unspecified atom stereocenters. The molecule has 0 spiro atoms. The van der Waals surface area contributed by atoms with E-state index in [1.165, 1.54) is 16.8 Å². The Balaban J connectivity index is 0.000000717. The maximum atomic E-state index is 12.5. The minimum Gasteiger partial charge on any atom is -0.773 e. The first-order chi connectivity index (χ1) is 12.9. The topological polar surface area (TPSA) is 111 Å². The lowest BCUT2D eigenvalue weighted by Gasteiger charge is -2.11. The number of para-hydroxylation sites is 1. The van der Waals surface area contributed by atoms with Gasteiger partial charge in [-0.25, -0.2) is 0 Å². The summed E-state index contributed by atoms with van der Waals surface area (Å²) in [6, 6.07) is 13.9. The van der Waals surface area contributed by atoms with Crippen molar-refractivity contribution in [2.24, 2.45) is 15.3 Å². The average molecular weight is 405 g/mol. The SMILES string of the molecule is C.CO[n+]1ccccc1N=NC1C(=O)N(c2ccccc2)N=C1C.CS(=O)[O-]. The minimum atomic E-state index is -1.86. The predicted molar refractivity (Wildman–Crippen MR) is 106 cm³/mol. The Kier molecular flexibility index (Phi) is 9.06. The van der Waals surface area contributed by atoms with Crippen LogP contribution in [0.2, 0.25) is 0 Å². The number of anilines is 1. The highest BCUT2D eigenvalue weighted by Gasteiger charge is 2.36. The second-order valence-electron chi connectivity index (χ2n) is 5.31. The van der Waals surface area contributed by atoms with Crippen LogP contribution in [0.3, 0.4) is 0 Å². The number of rotatable bonds is 4. The second kappa shape index (κ2) is 11.0. The predicted octanol–water partition coefficient (Wildman–Crippen LogP) is 2.04. The van der Waals surface area contributed by atoms with E-state index in [2.05, 4.69) is 15.3 Å². The number of hydrogen-bond acceptors (Lipinski definition) is 7. The molecule has 0 aliphatic carbocycles. The molecule has 2 heterocycles. The summed E-state index contributed by atoms with van der Waals surface area (Å²) in [7, 11) is 1.53. The van der Waals surface area contributed by atoms with E-state index in [0.29, 0.717) is 17.2 Å². The molecule has 2 atom stereocenters. The molecule has 1 aromatic carbocycles. The van der Waals surface area contributed by atoms with E-state index in [1.807, 2.05) is 42.5 Å². The third-order valence-electron chi connectivity index (χ3n) is 3.37. The molecular formula is C18H23N5O4S. The number of hydrazone groups is 1. The molecule has 2 aromatic rings. The highest BCUT2D eigenvalue weighted by Crippen LogP contribution is 2.22. The van der Waals surface area contributed by atoms with Gasteiger partial charge in [0.2, 0.25) is 6.04 Å². The molecule has 0 N–H and O–H groups in total. The van der Waals surface area contributed by atoms with Gasteiger partial charge in [0.05, 0.1) is 16.5 Å². The Labute approximate surface area is 166 Å². The Hall–Kier alpha value is -2.98. The molecule has 28 heavy (non-hydrogen) atoms. The van der Waals surface area contributed by atoms with Gasteiger partial charge < -0.3 is 9.39 Å². The third kappa shape index (κ3) is 6.03. The lowest BCUT2D eigenvalue weighted by Crippen LogP contribution is -2.40. The number of aromatic nitrogens is 1. The number of pyridine rings is 1. The summed E-state index contributed by atoms with van der Waals surface area (Å²) in [6.45, 7) is 1.76. The number of hydrogen-bond donors (Lipinski definition) is 0. The van der Waals surface area contributed by atoms with E-state index in [9.17, 15) is 4.79 Å². The van der Waals surface area contributed by atoms with E-state index >= 15 is 0 Å². The molecule has 10 heteroatoms. The van der Waals surface area contributed by atoms with E-state index in [0.717, 1.165) is 6.26 Å². The van der Waals surface area contributed by atoms with Gasteiger partial charge in [-0.1, -0.05) is 41.8 Å². The zero-order valence-corrected chi connectivity index (χ0v) is 15.9. The molecule has 9 nitrogen and oxygen atoms in total.